The Morgan fingerprint density at radius 2 is 2.12 bits per heavy atom. The molecule has 0 heterocycles. The third-order valence-electron chi connectivity index (χ3n) is 2.83. The van der Waals surface area contributed by atoms with Crippen molar-refractivity contribution in [2.45, 2.75) is 38.3 Å². The van der Waals surface area contributed by atoms with Gasteiger partial charge in [-0.15, -0.1) is 0 Å². The van der Waals surface area contributed by atoms with E-state index in [1.54, 1.807) is 12.1 Å². The fourth-order valence-corrected chi connectivity index (χ4v) is 2.07. The molecule has 0 saturated heterocycles. The molecule has 0 amide bonds. The Hall–Kier alpha value is -0.640. The highest BCUT2D eigenvalue weighted by Crippen LogP contribution is 2.20. The summed E-state index contributed by atoms with van der Waals surface area (Å²) >= 11 is 5.66. The standard InChI is InChI=1S/C12H15ClFNO/c13-10-6-5-9(12(14)7-10)8-15-16-11-3-1-2-4-11/h5-7,11,15H,1-4,8H2. The van der Waals surface area contributed by atoms with Crippen LogP contribution in [0, 0.1) is 5.82 Å². The normalized spacial score (nSPS) is 16.9. The predicted octanol–water partition coefficient (Wildman–Crippen LogP) is 3.44. The molecule has 1 aromatic rings. The van der Waals surface area contributed by atoms with Crippen LogP contribution >= 0.6 is 11.6 Å². The fourth-order valence-electron chi connectivity index (χ4n) is 1.91. The van der Waals surface area contributed by atoms with Gasteiger partial charge in [0.15, 0.2) is 0 Å². The van der Waals surface area contributed by atoms with E-state index in [2.05, 4.69) is 5.48 Å². The molecule has 0 aliphatic heterocycles. The summed E-state index contributed by atoms with van der Waals surface area (Å²) in [6.07, 6.45) is 4.92. The molecule has 1 N–H and O–H groups in total. The van der Waals surface area contributed by atoms with Crippen LogP contribution in [0.4, 0.5) is 4.39 Å². The first-order valence-corrected chi connectivity index (χ1v) is 5.96. The number of benzene rings is 1. The van der Waals surface area contributed by atoms with Crippen LogP contribution < -0.4 is 5.48 Å². The van der Waals surface area contributed by atoms with E-state index in [0.717, 1.165) is 12.8 Å². The van der Waals surface area contributed by atoms with E-state index in [9.17, 15) is 4.39 Å². The maximum atomic E-state index is 13.4. The molecule has 2 nitrogen and oxygen atoms in total. The first-order chi connectivity index (χ1) is 7.75. The van der Waals surface area contributed by atoms with Crippen LogP contribution in [0.25, 0.3) is 0 Å². The smallest absolute Gasteiger partial charge is 0.129 e. The maximum Gasteiger partial charge on any atom is 0.129 e. The van der Waals surface area contributed by atoms with Crippen LogP contribution in [-0.2, 0) is 11.4 Å². The van der Waals surface area contributed by atoms with Crippen molar-refractivity contribution in [3.05, 3.63) is 34.6 Å². The lowest BCUT2D eigenvalue weighted by molar-refractivity contribution is -0.0248. The first kappa shape index (κ1) is 11.8. The Labute approximate surface area is 99.7 Å². The van der Waals surface area contributed by atoms with Gasteiger partial charge in [0, 0.05) is 17.1 Å². The van der Waals surface area contributed by atoms with Gasteiger partial charge in [-0.3, -0.25) is 4.84 Å². The Morgan fingerprint density at radius 1 is 1.38 bits per heavy atom. The van der Waals surface area contributed by atoms with Crippen LogP contribution in [0.2, 0.25) is 5.02 Å². The second kappa shape index (κ2) is 5.62. The summed E-state index contributed by atoms with van der Waals surface area (Å²) in [4.78, 5) is 5.44. The molecule has 1 fully saturated rings. The van der Waals surface area contributed by atoms with Gasteiger partial charge in [-0.05, 0) is 25.0 Å². The van der Waals surface area contributed by atoms with Crippen molar-refractivity contribution in [1.29, 1.82) is 0 Å². The van der Waals surface area contributed by atoms with E-state index in [4.69, 9.17) is 16.4 Å². The molecule has 0 atom stereocenters. The highest BCUT2D eigenvalue weighted by Gasteiger charge is 2.15. The quantitative estimate of drug-likeness (QED) is 0.818. The molecule has 16 heavy (non-hydrogen) atoms. The maximum absolute atomic E-state index is 13.4. The van der Waals surface area contributed by atoms with Gasteiger partial charge in [-0.25, -0.2) is 4.39 Å². The number of hydroxylamine groups is 1. The predicted molar refractivity (Wildman–Crippen MR) is 61.6 cm³/mol. The van der Waals surface area contributed by atoms with Gasteiger partial charge in [0.2, 0.25) is 0 Å². The van der Waals surface area contributed by atoms with Crippen molar-refractivity contribution < 1.29 is 9.23 Å². The molecule has 1 saturated carbocycles. The van der Waals surface area contributed by atoms with Crippen LogP contribution in [0.15, 0.2) is 18.2 Å². The highest BCUT2D eigenvalue weighted by atomic mass is 35.5. The van der Waals surface area contributed by atoms with Gasteiger partial charge in [-0.2, -0.15) is 5.48 Å². The zero-order valence-electron chi connectivity index (χ0n) is 9.01. The molecule has 2 rings (SSSR count). The minimum atomic E-state index is -0.296. The fraction of sp³-hybridized carbons (Fsp3) is 0.500. The topological polar surface area (TPSA) is 21.3 Å². The van der Waals surface area contributed by atoms with Gasteiger partial charge >= 0.3 is 0 Å². The lowest BCUT2D eigenvalue weighted by Crippen LogP contribution is -2.21. The van der Waals surface area contributed by atoms with Gasteiger partial charge in [0.05, 0.1) is 6.10 Å². The van der Waals surface area contributed by atoms with Gasteiger partial charge in [0.25, 0.3) is 0 Å². The molecular formula is C12H15ClFNO. The van der Waals surface area contributed by atoms with Gasteiger partial charge < -0.3 is 0 Å². The van der Waals surface area contributed by atoms with E-state index in [-0.39, 0.29) is 11.9 Å². The molecule has 1 aliphatic carbocycles. The average Bonchev–Trinajstić information content (AvgIpc) is 2.74. The highest BCUT2D eigenvalue weighted by molar-refractivity contribution is 6.30. The van der Waals surface area contributed by atoms with Crippen molar-refractivity contribution in [3.63, 3.8) is 0 Å². The minimum absolute atomic E-state index is 0.287. The van der Waals surface area contributed by atoms with E-state index >= 15 is 0 Å². The van der Waals surface area contributed by atoms with Gasteiger partial charge in [-0.1, -0.05) is 30.5 Å². The largest absolute Gasteiger partial charge is 0.298 e. The van der Waals surface area contributed by atoms with Crippen molar-refractivity contribution in [2.24, 2.45) is 0 Å². The van der Waals surface area contributed by atoms with Crippen molar-refractivity contribution in [2.75, 3.05) is 0 Å². The monoisotopic (exact) mass is 243 g/mol. The van der Waals surface area contributed by atoms with E-state index in [1.807, 2.05) is 0 Å². The molecule has 0 radical (unpaired) electrons. The lowest BCUT2D eigenvalue weighted by Gasteiger charge is -2.11. The zero-order chi connectivity index (χ0) is 11.4. The molecule has 4 heteroatoms. The summed E-state index contributed by atoms with van der Waals surface area (Å²) in [6, 6.07) is 4.66. The Bertz CT molecular complexity index is 353. The van der Waals surface area contributed by atoms with Crippen LogP contribution in [-0.4, -0.2) is 6.10 Å². The number of halogens is 2. The summed E-state index contributed by atoms with van der Waals surface area (Å²) in [7, 11) is 0. The molecule has 0 spiro atoms. The SMILES string of the molecule is Fc1cc(Cl)ccc1CNOC1CCCC1. The third kappa shape index (κ3) is 3.17. The summed E-state index contributed by atoms with van der Waals surface area (Å²) in [5.41, 5.74) is 3.39. The lowest BCUT2D eigenvalue weighted by atomic mass is 10.2. The number of nitrogens with one attached hydrogen (secondary N) is 1. The second-order valence-corrected chi connectivity index (χ2v) is 4.52. The first-order valence-electron chi connectivity index (χ1n) is 5.58. The molecule has 1 aliphatic rings. The number of hydrogen-bond donors (Lipinski definition) is 1. The molecule has 1 aromatic carbocycles. The third-order valence-corrected chi connectivity index (χ3v) is 3.07. The molecule has 0 unspecified atom stereocenters. The van der Waals surface area contributed by atoms with E-state index < -0.39 is 0 Å². The van der Waals surface area contributed by atoms with Gasteiger partial charge in [0.1, 0.15) is 5.82 Å². The van der Waals surface area contributed by atoms with Crippen molar-refractivity contribution in [1.82, 2.24) is 5.48 Å². The van der Waals surface area contributed by atoms with Crippen LogP contribution in [0.5, 0.6) is 0 Å². The number of hydrogen-bond acceptors (Lipinski definition) is 2. The van der Waals surface area contributed by atoms with Crippen molar-refractivity contribution in [3.8, 4) is 0 Å². The van der Waals surface area contributed by atoms with Crippen LogP contribution in [0.1, 0.15) is 31.2 Å². The summed E-state index contributed by atoms with van der Waals surface area (Å²) < 4.78 is 13.4. The van der Waals surface area contributed by atoms with Crippen LogP contribution in [0.3, 0.4) is 0 Å². The molecule has 0 bridgehead atoms. The summed E-state index contributed by atoms with van der Waals surface area (Å²) in [6.45, 7) is 0.375. The number of rotatable bonds is 4. The zero-order valence-corrected chi connectivity index (χ0v) is 9.77. The average molecular weight is 244 g/mol. The van der Waals surface area contributed by atoms with E-state index in [0.29, 0.717) is 17.1 Å². The minimum Gasteiger partial charge on any atom is -0.298 e. The molecule has 88 valence electrons. The Balaban J connectivity index is 1.80. The van der Waals surface area contributed by atoms with Crippen molar-refractivity contribution >= 4 is 11.6 Å². The van der Waals surface area contributed by atoms with E-state index in [1.165, 1.54) is 18.9 Å². The Morgan fingerprint density at radius 3 is 2.81 bits per heavy atom. The summed E-state index contributed by atoms with van der Waals surface area (Å²) in [5, 5.41) is 0.415. The Kier molecular flexibility index (Phi) is 4.16. The summed E-state index contributed by atoms with van der Waals surface area (Å²) in [5.74, 6) is -0.296. The second-order valence-electron chi connectivity index (χ2n) is 4.08. The molecule has 0 aromatic heterocycles. The molecular weight excluding hydrogens is 229 g/mol.